The molecule has 1 aromatic rings. The minimum Gasteiger partial charge on any atom is -0.326 e. The molecule has 0 aromatic heterocycles. The first-order chi connectivity index (χ1) is 7.58. The predicted octanol–water partition coefficient (Wildman–Crippen LogP) is 2.17. The quantitative estimate of drug-likeness (QED) is 0.824. The third-order valence-electron chi connectivity index (χ3n) is 3.58. The summed E-state index contributed by atoms with van der Waals surface area (Å²) in [6, 6.07) is 9.27. The number of nitrogens with zero attached hydrogens (tertiary/aromatic N) is 1. The molecule has 2 N–H and O–H groups in total. The van der Waals surface area contributed by atoms with E-state index in [0.29, 0.717) is 11.8 Å². The molecule has 1 saturated heterocycles. The number of hydrogen-bond acceptors (Lipinski definition) is 2. The standard InChI is InChI=1S/C14H22N2/c1-10(2)11-4-6-12(7-5-11)13-8-16(3)9-14(13)15/h4-7,10,13-14H,8-9,15H2,1-3H3/t13-,14+/m0/s1. The summed E-state index contributed by atoms with van der Waals surface area (Å²) in [7, 11) is 2.14. The fraction of sp³-hybridized carbons (Fsp3) is 0.571. The first-order valence-electron chi connectivity index (χ1n) is 6.12. The fourth-order valence-electron chi connectivity index (χ4n) is 2.51. The molecule has 0 radical (unpaired) electrons. The van der Waals surface area contributed by atoms with Gasteiger partial charge in [-0.15, -0.1) is 0 Å². The van der Waals surface area contributed by atoms with Gasteiger partial charge in [-0.2, -0.15) is 0 Å². The first kappa shape index (κ1) is 11.6. The van der Waals surface area contributed by atoms with E-state index in [2.05, 4.69) is 50.1 Å². The third-order valence-corrected chi connectivity index (χ3v) is 3.58. The topological polar surface area (TPSA) is 29.3 Å². The van der Waals surface area contributed by atoms with Gasteiger partial charge in [0.05, 0.1) is 0 Å². The van der Waals surface area contributed by atoms with Crippen LogP contribution in [0.5, 0.6) is 0 Å². The Bertz CT molecular complexity index is 342. The maximum atomic E-state index is 6.16. The lowest BCUT2D eigenvalue weighted by molar-refractivity contribution is 0.407. The number of likely N-dealkylation sites (tertiary alicyclic amines) is 1. The lowest BCUT2D eigenvalue weighted by Crippen LogP contribution is -2.27. The van der Waals surface area contributed by atoms with Crippen molar-refractivity contribution in [1.82, 2.24) is 4.90 Å². The maximum Gasteiger partial charge on any atom is 0.0249 e. The molecular formula is C14H22N2. The number of nitrogens with two attached hydrogens (primary N) is 1. The molecule has 0 unspecified atom stereocenters. The van der Waals surface area contributed by atoms with Crippen molar-refractivity contribution in [1.29, 1.82) is 0 Å². The Morgan fingerprint density at radius 3 is 2.25 bits per heavy atom. The lowest BCUT2D eigenvalue weighted by Gasteiger charge is -2.15. The fourth-order valence-corrected chi connectivity index (χ4v) is 2.51. The van der Waals surface area contributed by atoms with Crippen molar-refractivity contribution in [3.05, 3.63) is 35.4 Å². The van der Waals surface area contributed by atoms with Crippen LogP contribution in [0.1, 0.15) is 36.8 Å². The molecule has 1 aliphatic heterocycles. The van der Waals surface area contributed by atoms with Gasteiger partial charge >= 0.3 is 0 Å². The van der Waals surface area contributed by atoms with Gasteiger partial charge in [-0.25, -0.2) is 0 Å². The highest BCUT2D eigenvalue weighted by Gasteiger charge is 2.28. The van der Waals surface area contributed by atoms with E-state index in [-0.39, 0.29) is 6.04 Å². The average Bonchev–Trinajstić information content (AvgIpc) is 2.58. The molecule has 1 fully saturated rings. The molecule has 1 aromatic carbocycles. The van der Waals surface area contributed by atoms with E-state index < -0.39 is 0 Å². The summed E-state index contributed by atoms with van der Waals surface area (Å²) in [5.74, 6) is 1.11. The zero-order chi connectivity index (χ0) is 11.7. The molecule has 1 aliphatic rings. The van der Waals surface area contributed by atoms with Crippen LogP contribution in [0.25, 0.3) is 0 Å². The molecule has 0 spiro atoms. The van der Waals surface area contributed by atoms with Crippen LogP contribution in [0.2, 0.25) is 0 Å². The SMILES string of the molecule is CC(C)c1ccc([C@@H]2CN(C)C[C@H]2N)cc1. The Morgan fingerprint density at radius 1 is 1.19 bits per heavy atom. The van der Waals surface area contributed by atoms with E-state index in [1.807, 2.05) is 0 Å². The number of benzene rings is 1. The summed E-state index contributed by atoms with van der Waals surface area (Å²) in [5, 5.41) is 0. The summed E-state index contributed by atoms with van der Waals surface area (Å²) in [4.78, 5) is 2.31. The molecule has 2 heteroatoms. The van der Waals surface area contributed by atoms with Crippen LogP contribution in [0, 0.1) is 0 Å². The van der Waals surface area contributed by atoms with Crippen molar-refractivity contribution in [3.8, 4) is 0 Å². The van der Waals surface area contributed by atoms with Crippen LogP contribution in [0.15, 0.2) is 24.3 Å². The van der Waals surface area contributed by atoms with Crippen molar-refractivity contribution >= 4 is 0 Å². The molecule has 0 saturated carbocycles. The minimum absolute atomic E-state index is 0.287. The Morgan fingerprint density at radius 2 is 1.81 bits per heavy atom. The zero-order valence-electron chi connectivity index (χ0n) is 10.5. The van der Waals surface area contributed by atoms with Crippen molar-refractivity contribution in [3.63, 3.8) is 0 Å². The molecule has 0 aliphatic carbocycles. The highest BCUT2D eigenvalue weighted by Crippen LogP contribution is 2.26. The Hall–Kier alpha value is -0.860. The van der Waals surface area contributed by atoms with E-state index >= 15 is 0 Å². The van der Waals surface area contributed by atoms with E-state index in [1.165, 1.54) is 11.1 Å². The van der Waals surface area contributed by atoms with Crippen LogP contribution in [-0.4, -0.2) is 31.1 Å². The molecule has 16 heavy (non-hydrogen) atoms. The minimum atomic E-state index is 0.287. The Labute approximate surface area is 98.4 Å². The third kappa shape index (κ3) is 2.28. The van der Waals surface area contributed by atoms with Crippen molar-refractivity contribution in [2.45, 2.75) is 31.7 Å². The number of likely N-dealkylation sites (N-methyl/N-ethyl adjacent to an activating group) is 1. The number of rotatable bonds is 2. The smallest absolute Gasteiger partial charge is 0.0249 e. The van der Waals surface area contributed by atoms with Gasteiger partial charge in [0.2, 0.25) is 0 Å². The summed E-state index contributed by atoms with van der Waals surface area (Å²) < 4.78 is 0. The van der Waals surface area contributed by atoms with Gasteiger partial charge < -0.3 is 10.6 Å². The van der Waals surface area contributed by atoms with Crippen molar-refractivity contribution < 1.29 is 0 Å². The van der Waals surface area contributed by atoms with Gasteiger partial charge in [0.1, 0.15) is 0 Å². The summed E-state index contributed by atoms with van der Waals surface area (Å²) in [6.45, 7) is 6.55. The van der Waals surface area contributed by atoms with Crippen LogP contribution in [0.3, 0.4) is 0 Å². The highest BCUT2D eigenvalue weighted by molar-refractivity contribution is 5.29. The molecule has 2 atom stereocenters. The second-order valence-electron chi connectivity index (χ2n) is 5.31. The lowest BCUT2D eigenvalue weighted by atomic mass is 9.92. The molecule has 0 bridgehead atoms. The van der Waals surface area contributed by atoms with Gasteiger partial charge in [-0.05, 0) is 24.1 Å². The van der Waals surface area contributed by atoms with Crippen molar-refractivity contribution in [2.75, 3.05) is 20.1 Å². The number of hydrogen-bond donors (Lipinski definition) is 1. The average molecular weight is 218 g/mol. The second-order valence-corrected chi connectivity index (χ2v) is 5.31. The molecule has 88 valence electrons. The van der Waals surface area contributed by atoms with E-state index in [9.17, 15) is 0 Å². The van der Waals surface area contributed by atoms with Crippen LogP contribution in [0.4, 0.5) is 0 Å². The van der Waals surface area contributed by atoms with E-state index in [0.717, 1.165) is 13.1 Å². The molecular weight excluding hydrogens is 196 g/mol. The van der Waals surface area contributed by atoms with E-state index in [1.54, 1.807) is 0 Å². The monoisotopic (exact) mass is 218 g/mol. The molecule has 0 amide bonds. The van der Waals surface area contributed by atoms with E-state index in [4.69, 9.17) is 5.73 Å². The maximum absolute atomic E-state index is 6.16. The van der Waals surface area contributed by atoms with Crippen LogP contribution >= 0.6 is 0 Å². The normalized spacial score (nSPS) is 26.6. The highest BCUT2D eigenvalue weighted by atomic mass is 15.1. The summed E-state index contributed by atoms with van der Waals surface area (Å²) in [6.07, 6.45) is 0. The van der Waals surface area contributed by atoms with Gasteiger partial charge in [0, 0.05) is 25.0 Å². The summed E-state index contributed by atoms with van der Waals surface area (Å²) >= 11 is 0. The largest absolute Gasteiger partial charge is 0.326 e. The van der Waals surface area contributed by atoms with Gasteiger partial charge in [-0.3, -0.25) is 0 Å². The molecule has 2 rings (SSSR count). The Kier molecular flexibility index (Phi) is 3.31. The second kappa shape index (κ2) is 4.56. The van der Waals surface area contributed by atoms with Crippen LogP contribution in [-0.2, 0) is 0 Å². The zero-order valence-corrected chi connectivity index (χ0v) is 10.5. The molecule has 2 nitrogen and oxygen atoms in total. The van der Waals surface area contributed by atoms with Gasteiger partial charge in [-0.1, -0.05) is 38.1 Å². The van der Waals surface area contributed by atoms with Crippen LogP contribution < -0.4 is 5.73 Å². The van der Waals surface area contributed by atoms with Gasteiger partial charge in [0.25, 0.3) is 0 Å². The van der Waals surface area contributed by atoms with Crippen molar-refractivity contribution in [2.24, 2.45) is 5.73 Å². The Balaban J connectivity index is 2.15. The first-order valence-corrected chi connectivity index (χ1v) is 6.12. The van der Waals surface area contributed by atoms with Gasteiger partial charge in [0.15, 0.2) is 0 Å². The predicted molar refractivity (Wildman–Crippen MR) is 68.7 cm³/mol. The molecule has 1 heterocycles. The summed E-state index contributed by atoms with van der Waals surface area (Å²) in [5.41, 5.74) is 8.95.